The second-order valence-electron chi connectivity index (χ2n) is 5.39. The first-order valence-corrected chi connectivity index (χ1v) is 9.05. The van der Waals surface area contributed by atoms with Gasteiger partial charge in [0.15, 0.2) is 5.76 Å². The Morgan fingerprint density at radius 2 is 2.08 bits per heavy atom. The van der Waals surface area contributed by atoms with Crippen molar-refractivity contribution in [3.05, 3.63) is 51.9 Å². The maximum Gasteiger partial charge on any atom is 0.293 e. The molecular formula is C17H13N3O2S2. The van der Waals surface area contributed by atoms with Crippen molar-refractivity contribution in [3.8, 4) is 10.6 Å². The second-order valence-corrected chi connectivity index (χ2v) is 7.14. The van der Waals surface area contributed by atoms with Crippen LogP contribution in [-0.2, 0) is 0 Å². The zero-order valence-corrected chi connectivity index (χ0v) is 14.6. The number of furan rings is 1. The molecule has 0 spiro atoms. The summed E-state index contributed by atoms with van der Waals surface area (Å²) in [6.07, 6.45) is 0. The molecule has 0 bridgehead atoms. The van der Waals surface area contributed by atoms with Gasteiger partial charge in [-0.1, -0.05) is 29.5 Å². The Kier molecular flexibility index (Phi) is 3.66. The van der Waals surface area contributed by atoms with E-state index >= 15 is 0 Å². The highest BCUT2D eigenvalue weighted by molar-refractivity contribution is 7.19. The largest absolute Gasteiger partial charge is 0.450 e. The number of hydrogen-bond donors (Lipinski definition) is 1. The fourth-order valence-electron chi connectivity index (χ4n) is 2.53. The van der Waals surface area contributed by atoms with Crippen LogP contribution in [0.4, 0.5) is 5.13 Å². The minimum atomic E-state index is -0.309. The molecule has 7 heteroatoms. The van der Waals surface area contributed by atoms with Crippen LogP contribution in [-0.4, -0.2) is 16.1 Å². The van der Waals surface area contributed by atoms with Crippen LogP contribution in [0.25, 0.3) is 21.5 Å². The SMILES string of the molecule is Cc1c(C(=O)Nc2nnc(-c3ccsc3)s2)oc2c(C)cccc12. The van der Waals surface area contributed by atoms with Gasteiger partial charge in [0, 0.05) is 21.9 Å². The Bertz CT molecular complexity index is 1030. The van der Waals surface area contributed by atoms with Crippen LogP contribution in [0.5, 0.6) is 0 Å². The monoisotopic (exact) mass is 355 g/mol. The minimum absolute atomic E-state index is 0.309. The van der Waals surface area contributed by atoms with E-state index in [1.54, 1.807) is 11.3 Å². The molecular weight excluding hydrogens is 342 g/mol. The number of nitrogens with one attached hydrogen (secondary N) is 1. The average molecular weight is 355 g/mol. The number of carbonyl (C=O) groups is 1. The minimum Gasteiger partial charge on any atom is -0.450 e. The molecule has 1 amide bonds. The lowest BCUT2D eigenvalue weighted by molar-refractivity contribution is 0.0998. The standard InChI is InChI=1S/C17H13N3O2S2/c1-9-4-3-5-12-10(2)14(22-13(9)12)15(21)18-17-20-19-16(24-17)11-6-7-23-8-11/h3-8H,1-2H3,(H,18,20,21). The molecule has 1 aromatic carbocycles. The first-order valence-electron chi connectivity index (χ1n) is 7.29. The number of carbonyl (C=O) groups excluding carboxylic acids is 1. The normalized spacial score (nSPS) is 11.1. The number of nitrogens with zero attached hydrogens (tertiary/aromatic N) is 2. The highest BCUT2D eigenvalue weighted by Gasteiger charge is 2.20. The highest BCUT2D eigenvalue weighted by Crippen LogP contribution is 2.30. The third-order valence-electron chi connectivity index (χ3n) is 3.78. The van der Waals surface area contributed by atoms with E-state index < -0.39 is 0 Å². The first kappa shape index (κ1) is 15.0. The van der Waals surface area contributed by atoms with Gasteiger partial charge in [-0.15, -0.1) is 10.2 Å². The van der Waals surface area contributed by atoms with Gasteiger partial charge in [0.25, 0.3) is 5.91 Å². The van der Waals surface area contributed by atoms with Crippen molar-refractivity contribution in [2.45, 2.75) is 13.8 Å². The van der Waals surface area contributed by atoms with Gasteiger partial charge in [-0.3, -0.25) is 10.1 Å². The number of thiophene rings is 1. The Morgan fingerprint density at radius 3 is 2.83 bits per heavy atom. The zero-order valence-electron chi connectivity index (χ0n) is 13.0. The van der Waals surface area contributed by atoms with E-state index in [-0.39, 0.29) is 5.91 Å². The van der Waals surface area contributed by atoms with Gasteiger partial charge in [0.1, 0.15) is 10.6 Å². The number of aryl methyl sites for hydroxylation is 2. The van der Waals surface area contributed by atoms with E-state index in [1.165, 1.54) is 11.3 Å². The van der Waals surface area contributed by atoms with Crippen LogP contribution in [0.15, 0.2) is 39.4 Å². The van der Waals surface area contributed by atoms with Gasteiger partial charge in [0.05, 0.1) is 0 Å². The molecule has 3 aromatic heterocycles. The number of rotatable bonds is 3. The van der Waals surface area contributed by atoms with Gasteiger partial charge < -0.3 is 4.42 Å². The van der Waals surface area contributed by atoms with E-state index in [4.69, 9.17) is 4.42 Å². The third-order valence-corrected chi connectivity index (χ3v) is 5.35. The number of hydrogen-bond acceptors (Lipinski definition) is 6. The summed E-state index contributed by atoms with van der Waals surface area (Å²) in [7, 11) is 0. The van der Waals surface area contributed by atoms with Crippen LogP contribution in [0.2, 0.25) is 0 Å². The second kappa shape index (κ2) is 5.85. The maximum absolute atomic E-state index is 12.5. The molecule has 4 aromatic rings. The van der Waals surface area contributed by atoms with Crippen molar-refractivity contribution in [2.24, 2.45) is 0 Å². The van der Waals surface area contributed by atoms with E-state index in [1.807, 2.05) is 48.9 Å². The van der Waals surface area contributed by atoms with Gasteiger partial charge in [-0.2, -0.15) is 11.3 Å². The zero-order chi connectivity index (χ0) is 16.7. The summed E-state index contributed by atoms with van der Waals surface area (Å²) < 4.78 is 5.79. The Morgan fingerprint density at radius 1 is 1.21 bits per heavy atom. The van der Waals surface area contributed by atoms with Gasteiger partial charge >= 0.3 is 0 Å². The van der Waals surface area contributed by atoms with Crippen LogP contribution < -0.4 is 5.32 Å². The number of anilines is 1. The van der Waals surface area contributed by atoms with E-state index in [2.05, 4.69) is 15.5 Å². The van der Waals surface area contributed by atoms with Gasteiger partial charge in [-0.25, -0.2) is 0 Å². The molecule has 24 heavy (non-hydrogen) atoms. The molecule has 0 saturated heterocycles. The average Bonchev–Trinajstić information content (AvgIpc) is 3.28. The lowest BCUT2D eigenvalue weighted by Crippen LogP contribution is -2.11. The fraction of sp³-hybridized carbons (Fsp3) is 0.118. The maximum atomic E-state index is 12.5. The van der Waals surface area contributed by atoms with E-state index in [0.717, 1.165) is 32.7 Å². The Balaban J connectivity index is 1.63. The summed E-state index contributed by atoms with van der Waals surface area (Å²) in [6, 6.07) is 7.85. The molecule has 3 heterocycles. The summed E-state index contributed by atoms with van der Waals surface area (Å²) in [6.45, 7) is 3.85. The van der Waals surface area contributed by atoms with E-state index in [0.29, 0.717) is 10.9 Å². The van der Waals surface area contributed by atoms with Gasteiger partial charge in [0.2, 0.25) is 5.13 Å². The van der Waals surface area contributed by atoms with Crippen molar-refractivity contribution >= 4 is 44.7 Å². The third kappa shape index (κ3) is 2.51. The van der Waals surface area contributed by atoms with Crippen molar-refractivity contribution in [2.75, 3.05) is 5.32 Å². The molecule has 0 atom stereocenters. The van der Waals surface area contributed by atoms with Crippen molar-refractivity contribution in [1.82, 2.24) is 10.2 Å². The molecule has 4 rings (SSSR count). The number of benzene rings is 1. The molecule has 0 unspecified atom stereocenters. The quantitative estimate of drug-likeness (QED) is 0.568. The topological polar surface area (TPSA) is 68.0 Å². The van der Waals surface area contributed by atoms with Crippen LogP contribution in [0.3, 0.4) is 0 Å². The Labute approximate surface area is 146 Å². The van der Waals surface area contributed by atoms with Crippen molar-refractivity contribution in [1.29, 1.82) is 0 Å². The summed E-state index contributed by atoms with van der Waals surface area (Å²) >= 11 is 2.94. The molecule has 5 nitrogen and oxygen atoms in total. The molecule has 0 saturated carbocycles. The number of fused-ring (bicyclic) bond motifs is 1. The molecule has 0 aliphatic heterocycles. The summed E-state index contributed by atoms with van der Waals surface area (Å²) in [5.74, 6) is 0.00250. The fourth-order valence-corrected chi connectivity index (χ4v) is 3.98. The summed E-state index contributed by atoms with van der Waals surface area (Å²) in [5.41, 5.74) is 3.59. The summed E-state index contributed by atoms with van der Waals surface area (Å²) in [5, 5.41) is 17.1. The van der Waals surface area contributed by atoms with E-state index in [9.17, 15) is 4.79 Å². The molecule has 120 valence electrons. The molecule has 0 fully saturated rings. The molecule has 1 N–H and O–H groups in total. The van der Waals surface area contributed by atoms with Crippen molar-refractivity contribution < 1.29 is 9.21 Å². The van der Waals surface area contributed by atoms with Gasteiger partial charge in [-0.05, 0) is 30.9 Å². The van der Waals surface area contributed by atoms with Crippen molar-refractivity contribution in [3.63, 3.8) is 0 Å². The number of amides is 1. The predicted octanol–water partition coefficient (Wildman–Crippen LogP) is 4.88. The summed E-state index contributed by atoms with van der Waals surface area (Å²) in [4.78, 5) is 12.5. The highest BCUT2D eigenvalue weighted by atomic mass is 32.1. The molecule has 0 aliphatic rings. The lowest BCUT2D eigenvalue weighted by Gasteiger charge is -1.98. The smallest absolute Gasteiger partial charge is 0.293 e. The lowest BCUT2D eigenvalue weighted by atomic mass is 10.1. The first-order chi connectivity index (χ1) is 11.6. The number of aromatic nitrogens is 2. The molecule has 0 radical (unpaired) electrons. The van der Waals surface area contributed by atoms with Crippen LogP contribution >= 0.6 is 22.7 Å². The predicted molar refractivity (Wildman–Crippen MR) is 96.9 cm³/mol. The number of para-hydroxylation sites is 1. The molecule has 0 aliphatic carbocycles. The van der Waals surface area contributed by atoms with Crippen LogP contribution in [0.1, 0.15) is 21.7 Å². The van der Waals surface area contributed by atoms with Crippen LogP contribution in [0, 0.1) is 13.8 Å². The Hall–Kier alpha value is -2.51.